The van der Waals surface area contributed by atoms with Crippen LogP contribution in [0.2, 0.25) is 0 Å². The topological polar surface area (TPSA) is 92.9 Å². The molecule has 0 aliphatic carbocycles. The van der Waals surface area contributed by atoms with Gasteiger partial charge in [-0.05, 0) is 69.4 Å². The lowest BCUT2D eigenvalue weighted by Gasteiger charge is -2.37. The number of amides is 3. The van der Waals surface area contributed by atoms with Gasteiger partial charge in [-0.25, -0.2) is 4.79 Å². The van der Waals surface area contributed by atoms with Crippen LogP contribution in [0.3, 0.4) is 0 Å². The summed E-state index contributed by atoms with van der Waals surface area (Å²) >= 11 is 0. The lowest BCUT2D eigenvalue weighted by Crippen LogP contribution is -2.56. The summed E-state index contributed by atoms with van der Waals surface area (Å²) in [6.07, 6.45) is 1.94. The molecule has 0 bridgehead atoms. The molecule has 1 saturated heterocycles. The molecule has 2 unspecified atom stereocenters. The molecule has 44 heavy (non-hydrogen) atoms. The summed E-state index contributed by atoms with van der Waals surface area (Å²) in [4.78, 5) is 37.3. The van der Waals surface area contributed by atoms with Crippen LogP contribution in [0.1, 0.15) is 36.5 Å². The first-order chi connectivity index (χ1) is 21.2. The third kappa shape index (κ3) is 7.17. The van der Waals surface area contributed by atoms with Crippen molar-refractivity contribution in [2.45, 2.75) is 39.3 Å². The van der Waals surface area contributed by atoms with Crippen molar-refractivity contribution >= 4 is 34.2 Å². The van der Waals surface area contributed by atoms with E-state index < -0.39 is 6.04 Å². The number of aryl methyl sites for hydroxylation is 1. The molecule has 5 rings (SSSR count). The van der Waals surface area contributed by atoms with E-state index in [2.05, 4.69) is 56.6 Å². The number of aromatic nitrogens is 1. The van der Waals surface area contributed by atoms with Gasteiger partial charge in [0.05, 0.1) is 12.3 Å². The Kier molecular flexibility index (Phi) is 9.75. The summed E-state index contributed by atoms with van der Waals surface area (Å²) < 4.78 is 5.86. The average molecular weight is 597 g/mol. The summed E-state index contributed by atoms with van der Waals surface area (Å²) in [5.41, 5.74) is 5.97. The number of para-hydroxylation sites is 1. The van der Waals surface area contributed by atoms with Gasteiger partial charge in [-0.1, -0.05) is 48.9 Å². The Balaban J connectivity index is 1.37. The van der Waals surface area contributed by atoms with Gasteiger partial charge in [-0.3, -0.25) is 4.79 Å². The van der Waals surface area contributed by atoms with E-state index in [1.807, 2.05) is 76.6 Å². The van der Waals surface area contributed by atoms with Crippen molar-refractivity contribution in [3.63, 3.8) is 0 Å². The lowest BCUT2D eigenvalue weighted by molar-refractivity contribution is -0.118. The zero-order valence-electron chi connectivity index (χ0n) is 26.4. The minimum Gasteiger partial charge on any atom is -0.492 e. The van der Waals surface area contributed by atoms with Gasteiger partial charge < -0.3 is 35.1 Å². The maximum atomic E-state index is 14.1. The van der Waals surface area contributed by atoms with Gasteiger partial charge in [0.25, 0.3) is 0 Å². The minimum absolute atomic E-state index is 0.244. The number of carbonyl (C=O) groups excluding carboxylic acids is 2. The molecule has 2 heterocycles. The van der Waals surface area contributed by atoms with E-state index in [-0.39, 0.29) is 17.9 Å². The van der Waals surface area contributed by atoms with E-state index >= 15 is 0 Å². The van der Waals surface area contributed by atoms with Gasteiger partial charge in [0.15, 0.2) is 0 Å². The first-order valence-electron chi connectivity index (χ1n) is 15.4. The molecule has 1 aromatic heterocycles. The van der Waals surface area contributed by atoms with Crippen molar-refractivity contribution in [3.8, 4) is 5.75 Å². The smallest absolute Gasteiger partial charge is 0.318 e. The van der Waals surface area contributed by atoms with Crippen molar-refractivity contribution in [1.29, 1.82) is 0 Å². The molecule has 2 atom stereocenters. The van der Waals surface area contributed by atoms with Crippen LogP contribution in [0.5, 0.6) is 5.75 Å². The predicted molar refractivity (Wildman–Crippen MR) is 178 cm³/mol. The fraction of sp³-hybridized carbons (Fsp3) is 0.371. The van der Waals surface area contributed by atoms with Crippen LogP contribution in [0, 0.1) is 6.92 Å². The van der Waals surface area contributed by atoms with Crippen LogP contribution < -0.4 is 20.3 Å². The SMILES string of the molecule is CCOc1ccc(CN(C)C)cc1NC(=O)C(NC(=O)N1CCN(c2ccc(C)cc2)CC1)C(C)c1c[nH]c2ccccc12. The number of anilines is 2. The zero-order valence-corrected chi connectivity index (χ0v) is 26.4. The van der Waals surface area contributed by atoms with Crippen LogP contribution in [0.25, 0.3) is 10.9 Å². The number of H-pyrrole nitrogens is 1. The highest BCUT2D eigenvalue weighted by atomic mass is 16.5. The zero-order chi connectivity index (χ0) is 31.2. The Morgan fingerprint density at radius 2 is 1.73 bits per heavy atom. The molecule has 1 aliphatic heterocycles. The molecule has 9 nitrogen and oxygen atoms in total. The minimum atomic E-state index is -0.830. The first-order valence-corrected chi connectivity index (χ1v) is 15.4. The summed E-state index contributed by atoms with van der Waals surface area (Å²) in [7, 11) is 4.01. The molecule has 1 fully saturated rings. The number of nitrogens with one attached hydrogen (secondary N) is 3. The highest BCUT2D eigenvalue weighted by Crippen LogP contribution is 2.31. The summed E-state index contributed by atoms with van der Waals surface area (Å²) in [5.74, 6) is -0.0118. The maximum absolute atomic E-state index is 14.1. The second kappa shape index (κ2) is 13.9. The van der Waals surface area contributed by atoms with Gasteiger partial charge in [0.1, 0.15) is 11.8 Å². The van der Waals surface area contributed by atoms with Crippen molar-refractivity contribution in [1.82, 2.24) is 20.1 Å². The molecule has 1 aliphatic rings. The van der Waals surface area contributed by atoms with Crippen molar-refractivity contribution in [2.24, 2.45) is 0 Å². The predicted octanol–water partition coefficient (Wildman–Crippen LogP) is 5.58. The monoisotopic (exact) mass is 596 g/mol. The van der Waals surface area contributed by atoms with E-state index in [1.54, 1.807) is 4.90 Å². The summed E-state index contributed by atoms with van der Waals surface area (Å²) in [6.45, 7) is 9.75. The van der Waals surface area contributed by atoms with Crippen LogP contribution in [0.15, 0.2) is 72.9 Å². The van der Waals surface area contributed by atoms with E-state index in [0.29, 0.717) is 31.1 Å². The molecule has 3 N–H and O–H groups in total. The van der Waals surface area contributed by atoms with Crippen molar-refractivity contribution < 1.29 is 14.3 Å². The Hall–Kier alpha value is -4.50. The molecule has 9 heteroatoms. The van der Waals surface area contributed by atoms with Crippen LogP contribution in [-0.4, -0.2) is 79.6 Å². The van der Waals surface area contributed by atoms with Crippen LogP contribution in [-0.2, 0) is 11.3 Å². The second-order valence-corrected chi connectivity index (χ2v) is 11.8. The number of ether oxygens (including phenoxy) is 1. The van der Waals surface area contributed by atoms with Gasteiger partial charge in [-0.15, -0.1) is 0 Å². The fourth-order valence-electron chi connectivity index (χ4n) is 5.85. The summed E-state index contributed by atoms with van der Waals surface area (Å²) in [5, 5.41) is 7.25. The lowest BCUT2D eigenvalue weighted by atomic mass is 9.92. The normalized spacial score (nSPS) is 14.9. The number of nitrogens with zero attached hydrogens (tertiary/aromatic N) is 3. The number of piperazine rings is 1. The molecular formula is C35H44N6O3. The molecule has 4 aromatic rings. The Morgan fingerprint density at radius 3 is 2.43 bits per heavy atom. The molecule has 0 radical (unpaired) electrons. The molecule has 0 spiro atoms. The quantitative estimate of drug-likeness (QED) is 0.222. The summed E-state index contributed by atoms with van der Waals surface area (Å²) in [6, 6.07) is 21.2. The van der Waals surface area contributed by atoms with E-state index in [0.717, 1.165) is 47.4 Å². The number of benzene rings is 3. The number of hydrogen-bond acceptors (Lipinski definition) is 5. The molecule has 0 saturated carbocycles. The van der Waals surface area contributed by atoms with Crippen LogP contribution >= 0.6 is 0 Å². The average Bonchev–Trinajstić information content (AvgIpc) is 3.45. The van der Waals surface area contributed by atoms with Crippen molar-refractivity contribution in [2.75, 3.05) is 57.1 Å². The van der Waals surface area contributed by atoms with E-state index in [4.69, 9.17) is 4.74 Å². The van der Waals surface area contributed by atoms with Gasteiger partial charge in [-0.2, -0.15) is 0 Å². The molecule has 3 aromatic carbocycles. The third-order valence-electron chi connectivity index (χ3n) is 8.24. The molecule has 3 amide bonds. The number of hydrogen-bond donors (Lipinski definition) is 3. The number of aromatic amines is 1. The largest absolute Gasteiger partial charge is 0.492 e. The Bertz CT molecular complexity index is 1570. The fourth-order valence-corrected chi connectivity index (χ4v) is 5.85. The highest BCUT2D eigenvalue weighted by molar-refractivity contribution is 5.99. The number of urea groups is 1. The van der Waals surface area contributed by atoms with Gasteiger partial charge >= 0.3 is 6.03 Å². The number of fused-ring (bicyclic) bond motifs is 1. The molecule has 232 valence electrons. The van der Waals surface area contributed by atoms with Gasteiger partial charge in [0, 0.05) is 61.4 Å². The number of carbonyl (C=O) groups is 2. The van der Waals surface area contributed by atoms with E-state index in [1.165, 1.54) is 5.56 Å². The first kappa shape index (κ1) is 30.9. The number of rotatable bonds is 10. The standard InChI is InChI=1S/C35H44N6O3/c1-6-44-32-16-13-26(23-39(4)5)21-31(32)37-34(42)33(25(3)29-22-36-30-10-8-7-9-28(29)30)38-35(43)41-19-17-40(18-20-41)27-14-11-24(2)12-15-27/h7-16,21-22,25,33,36H,6,17-20,23H2,1-5H3,(H,37,42)(H,38,43). The Morgan fingerprint density at radius 1 is 1.00 bits per heavy atom. The van der Waals surface area contributed by atoms with Crippen LogP contribution in [0.4, 0.5) is 16.2 Å². The third-order valence-corrected chi connectivity index (χ3v) is 8.24. The maximum Gasteiger partial charge on any atom is 0.318 e. The van der Waals surface area contributed by atoms with E-state index in [9.17, 15) is 9.59 Å². The second-order valence-electron chi connectivity index (χ2n) is 11.8. The highest BCUT2D eigenvalue weighted by Gasteiger charge is 2.32. The molecular weight excluding hydrogens is 552 g/mol. The van der Waals surface area contributed by atoms with Gasteiger partial charge in [0.2, 0.25) is 5.91 Å². The Labute approximate surface area is 260 Å². The van der Waals surface area contributed by atoms with Crippen molar-refractivity contribution in [3.05, 3.63) is 89.6 Å².